The Hall–Kier alpha value is -3.03. The molecule has 0 atom stereocenters. The summed E-state index contributed by atoms with van der Waals surface area (Å²) in [6.07, 6.45) is 0.610. The molecule has 3 rings (SSSR count). The lowest BCUT2D eigenvalue weighted by Gasteiger charge is -2.04. The molecule has 1 aromatic carbocycles. The molecule has 4 N–H and O–H groups in total. The van der Waals surface area contributed by atoms with Gasteiger partial charge in [-0.1, -0.05) is 11.6 Å². The van der Waals surface area contributed by atoms with Crippen molar-refractivity contribution in [1.29, 1.82) is 0 Å². The Bertz CT molecular complexity index is 1100. The number of aliphatic imine (C=N–C) groups is 1. The Morgan fingerprint density at radius 3 is 2.93 bits per heavy atom. The van der Waals surface area contributed by atoms with Crippen LogP contribution in [0.25, 0.3) is 0 Å². The number of rotatable bonds is 8. The van der Waals surface area contributed by atoms with Crippen LogP contribution in [0.5, 0.6) is 0 Å². The second-order valence-corrected chi connectivity index (χ2v) is 6.98. The second kappa shape index (κ2) is 9.45. The number of halogens is 2. The first-order chi connectivity index (χ1) is 14.0. The zero-order chi connectivity index (χ0) is 20.8. The zero-order valence-corrected chi connectivity index (χ0v) is 16.1. The second-order valence-electron chi connectivity index (χ2n) is 5.49. The van der Waals surface area contributed by atoms with E-state index in [1.54, 1.807) is 0 Å². The van der Waals surface area contributed by atoms with Crippen LogP contribution in [0, 0.1) is 5.82 Å². The summed E-state index contributed by atoms with van der Waals surface area (Å²) in [5.74, 6) is -0.558. The molecule has 14 heteroatoms. The molecular weight excluding hydrogens is 429 g/mol. The van der Waals surface area contributed by atoms with E-state index in [1.807, 2.05) is 5.48 Å². The fourth-order valence-corrected chi connectivity index (χ4v) is 3.17. The Labute approximate surface area is 170 Å². The summed E-state index contributed by atoms with van der Waals surface area (Å²) in [7, 11) is 0. The highest BCUT2D eigenvalue weighted by atomic mass is 35.5. The van der Waals surface area contributed by atoms with Gasteiger partial charge < -0.3 is 0 Å². The summed E-state index contributed by atoms with van der Waals surface area (Å²) < 4.78 is 18.0. The van der Waals surface area contributed by atoms with Crippen LogP contribution in [0.2, 0.25) is 5.02 Å². The molecule has 0 aliphatic rings. The predicted molar refractivity (Wildman–Crippen MR) is 100 cm³/mol. The highest BCUT2D eigenvalue weighted by Gasteiger charge is 2.18. The molecule has 0 radical (unpaired) electrons. The third-order valence-electron chi connectivity index (χ3n) is 3.48. The highest BCUT2D eigenvalue weighted by Crippen LogP contribution is 2.24. The number of nitrogens with one attached hydrogen (secondary N) is 3. The van der Waals surface area contributed by atoms with Crippen LogP contribution in [0.1, 0.15) is 29.2 Å². The van der Waals surface area contributed by atoms with E-state index < -0.39 is 11.5 Å². The molecule has 11 nitrogen and oxygen atoms in total. The number of carbonyl (C=O) groups excluding carboxylic acids is 1. The van der Waals surface area contributed by atoms with Crippen LogP contribution < -0.4 is 11.2 Å². The van der Waals surface area contributed by atoms with Gasteiger partial charge in [-0.3, -0.25) is 20.5 Å². The van der Waals surface area contributed by atoms with Gasteiger partial charge in [0.2, 0.25) is 0 Å². The summed E-state index contributed by atoms with van der Waals surface area (Å²) >= 11 is 6.94. The summed E-state index contributed by atoms with van der Waals surface area (Å²) in [4.78, 5) is 29.2. The monoisotopic (exact) mass is 441 g/mol. The number of ketones is 1. The van der Waals surface area contributed by atoms with Gasteiger partial charge in [0.05, 0.1) is 10.7 Å². The van der Waals surface area contributed by atoms with Gasteiger partial charge in [-0.25, -0.2) is 23.9 Å². The minimum Gasteiger partial charge on any atom is -0.291 e. The van der Waals surface area contributed by atoms with Gasteiger partial charge in [-0.2, -0.15) is 0 Å². The molecule has 0 spiro atoms. The zero-order valence-electron chi connectivity index (χ0n) is 14.5. The SMILES string of the molecule is O=C(CCCSc1nonc1C(=Nc1ccc(F)c(Cl)c1)NO)c1n[nH]c(=O)[nH]1. The van der Waals surface area contributed by atoms with E-state index in [4.69, 9.17) is 16.2 Å². The molecule has 0 amide bonds. The number of hydrogen-bond acceptors (Lipinski definition) is 9. The van der Waals surface area contributed by atoms with Crippen molar-refractivity contribution in [2.75, 3.05) is 5.75 Å². The van der Waals surface area contributed by atoms with Gasteiger partial charge in [-0.05, 0) is 34.9 Å². The number of carbonyl (C=O) groups is 1. The van der Waals surface area contributed by atoms with E-state index in [1.165, 1.54) is 23.9 Å². The highest BCUT2D eigenvalue weighted by molar-refractivity contribution is 7.99. The van der Waals surface area contributed by atoms with Crippen LogP contribution in [-0.2, 0) is 0 Å². The Balaban J connectivity index is 1.63. The average molecular weight is 442 g/mol. The molecule has 0 bridgehead atoms. The number of aromatic amines is 2. The quantitative estimate of drug-likeness (QED) is 0.102. The van der Waals surface area contributed by atoms with Crippen molar-refractivity contribution in [3.63, 3.8) is 0 Å². The summed E-state index contributed by atoms with van der Waals surface area (Å²) in [6, 6.07) is 3.78. The van der Waals surface area contributed by atoms with E-state index in [9.17, 15) is 19.2 Å². The molecule has 2 heterocycles. The standard InChI is InChI=1S/C15H13ClFN7O4S/c16-8-6-7(3-4-9(8)17)18-13(22-27)11-14(24-28-23-11)29-5-1-2-10(25)12-19-15(26)21-20-12/h3-4,6,27H,1-2,5H2,(H,18,22)(H2,19,20,21,26). The van der Waals surface area contributed by atoms with Crippen molar-refractivity contribution >= 4 is 40.7 Å². The van der Waals surface area contributed by atoms with E-state index in [0.29, 0.717) is 17.2 Å². The smallest absolute Gasteiger partial charge is 0.291 e. The van der Waals surface area contributed by atoms with Crippen molar-refractivity contribution in [2.45, 2.75) is 17.9 Å². The van der Waals surface area contributed by atoms with E-state index >= 15 is 0 Å². The van der Waals surface area contributed by atoms with Crippen LogP contribution in [0.3, 0.4) is 0 Å². The average Bonchev–Trinajstić information content (AvgIpc) is 3.35. The summed E-state index contributed by atoms with van der Waals surface area (Å²) in [5.41, 5.74) is 1.74. The molecule has 29 heavy (non-hydrogen) atoms. The van der Waals surface area contributed by atoms with Crippen LogP contribution >= 0.6 is 23.4 Å². The lowest BCUT2D eigenvalue weighted by atomic mass is 10.2. The molecule has 152 valence electrons. The third kappa shape index (κ3) is 5.28. The molecule has 0 aliphatic heterocycles. The van der Waals surface area contributed by atoms with Gasteiger partial charge in [0.15, 0.2) is 28.2 Å². The molecule has 0 saturated heterocycles. The van der Waals surface area contributed by atoms with Gasteiger partial charge in [-0.15, -0.1) is 16.9 Å². The van der Waals surface area contributed by atoms with Crippen LogP contribution in [0.4, 0.5) is 10.1 Å². The first-order valence-corrected chi connectivity index (χ1v) is 9.41. The molecule has 0 unspecified atom stereocenters. The molecule has 0 fully saturated rings. The molecule has 2 aromatic heterocycles. The minimum atomic E-state index is -0.600. The Morgan fingerprint density at radius 1 is 1.41 bits per heavy atom. The van der Waals surface area contributed by atoms with E-state index in [2.05, 4.69) is 30.5 Å². The van der Waals surface area contributed by atoms with Crippen molar-refractivity contribution in [2.24, 2.45) is 4.99 Å². The lowest BCUT2D eigenvalue weighted by molar-refractivity contribution is 0.0972. The van der Waals surface area contributed by atoms with Crippen LogP contribution in [0.15, 0.2) is 37.6 Å². The molecule has 0 aliphatic carbocycles. The predicted octanol–water partition coefficient (Wildman–Crippen LogP) is 2.09. The number of amidine groups is 1. The molecular formula is C15H13ClFN7O4S. The Kier molecular flexibility index (Phi) is 6.74. The lowest BCUT2D eigenvalue weighted by Crippen LogP contribution is -2.21. The van der Waals surface area contributed by atoms with Crippen molar-refractivity contribution < 1.29 is 19.0 Å². The van der Waals surface area contributed by atoms with Gasteiger partial charge >= 0.3 is 5.69 Å². The molecule has 0 saturated carbocycles. The van der Waals surface area contributed by atoms with Gasteiger partial charge in [0, 0.05) is 12.2 Å². The maximum Gasteiger partial charge on any atom is 0.341 e. The normalized spacial score (nSPS) is 11.6. The maximum atomic E-state index is 13.3. The number of nitrogens with zero attached hydrogens (tertiary/aromatic N) is 4. The van der Waals surface area contributed by atoms with Gasteiger partial charge in [0.25, 0.3) is 0 Å². The largest absolute Gasteiger partial charge is 0.341 e. The van der Waals surface area contributed by atoms with E-state index in [-0.39, 0.29) is 40.3 Å². The van der Waals surface area contributed by atoms with Crippen molar-refractivity contribution in [3.05, 3.63) is 51.0 Å². The van der Waals surface area contributed by atoms with E-state index in [0.717, 1.165) is 6.07 Å². The summed E-state index contributed by atoms with van der Waals surface area (Å²) in [6.45, 7) is 0. The number of hydrogen-bond donors (Lipinski definition) is 4. The minimum absolute atomic E-state index is 0.0272. The number of benzene rings is 1. The molecule has 3 aromatic rings. The number of hydroxylamine groups is 1. The number of aromatic nitrogens is 5. The number of Topliss-reactive ketones (excluding diaryl/α,β-unsaturated/α-hetero) is 1. The fourth-order valence-electron chi connectivity index (χ4n) is 2.16. The fraction of sp³-hybridized carbons (Fsp3) is 0.200. The van der Waals surface area contributed by atoms with Crippen molar-refractivity contribution in [3.8, 4) is 0 Å². The van der Waals surface area contributed by atoms with Crippen molar-refractivity contribution in [1.82, 2.24) is 31.0 Å². The number of thioether (sulfide) groups is 1. The summed E-state index contributed by atoms with van der Waals surface area (Å²) in [5, 5.41) is 22.7. The first-order valence-electron chi connectivity index (χ1n) is 8.05. The van der Waals surface area contributed by atoms with Gasteiger partial charge in [0.1, 0.15) is 5.82 Å². The number of H-pyrrole nitrogens is 2. The topological polar surface area (TPSA) is 162 Å². The third-order valence-corrected chi connectivity index (χ3v) is 4.81. The Morgan fingerprint density at radius 2 is 2.24 bits per heavy atom. The van der Waals surface area contributed by atoms with Crippen LogP contribution in [-0.4, -0.2) is 48.1 Å². The first kappa shape index (κ1) is 20.7. The maximum absolute atomic E-state index is 13.3.